The molecule has 1 heterocycles. The Kier molecular flexibility index (Phi) is 16.4. The van der Waals surface area contributed by atoms with Gasteiger partial charge in [-0.15, -0.1) is 0 Å². The van der Waals surface area contributed by atoms with Gasteiger partial charge in [0.15, 0.2) is 6.29 Å². The van der Waals surface area contributed by atoms with E-state index in [1.54, 1.807) is 6.08 Å². The van der Waals surface area contributed by atoms with E-state index >= 15 is 0 Å². The van der Waals surface area contributed by atoms with Crippen molar-refractivity contribution in [3.63, 3.8) is 0 Å². The number of nitrogens with two attached hydrogens (primary N) is 1. The molecule has 1 aliphatic heterocycles. The Labute approximate surface area is 193 Å². The molecule has 0 amide bonds. The molecule has 1 fully saturated rings. The lowest BCUT2D eigenvalue weighted by Gasteiger charge is -2.39. The Balaban J connectivity index is 2.10. The van der Waals surface area contributed by atoms with Gasteiger partial charge in [0.05, 0.1) is 25.4 Å². The van der Waals surface area contributed by atoms with E-state index in [1.165, 1.54) is 64.2 Å². The average molecular weight is 462 g/mol. The van der Waals surface area contributed by atoms with Gasteiger partial charge in [-0.1, -0.05) is 83.3 Å². The third kappa shape index (κ3) is 11.5. The molecule has 1 saturated heterocycles. The van der Waals surface area contributed by atoms with Crippen molar-refractivity contribution in [3.8, 4) is 0 Å². The summed E-state index contributed by atoms with van der Waals surface area (Å²) < 4.78 is 10.6. The van der Waals surface area contributed by atoms with Gasteiger partial charge in [-0.2, -0.15) is 0 Å². The fourth-order valence-electron chi connectivity index (χ4n) is 3.81. The van der Waals surface area contributed by atoms with Gasteiger partial charge >= 0.3 is 0 Å². The lowest BCUT2D eigenvalue weighted by molar-refractivity contribution is -0.302. The summed E-state index contributed by atoms with van der Waals surface area (Å²) in [5.74, 6) is 0. The molecular formula is C24H47NO7. The fourth-order valence-corrected chi connectivity index (χ4v) is 3.81. The van der Waals surface area contributed by atoms with E-state index < -0.39 is 49.5 Å². The first-order valence-corrected chi connectivity index (χ1v) is 12.4. The summed E-state index contributed by atoms with van der Waals surface area (Å²) in [5.41, 5.74) is 5.93. The zero-order chi connectivity index (χ0) is 23.8. The highest BCUT2D eigenvalue weighted by molar-refractivity contribution is 4.94. The molecule has 32 heavy (non-hydrogen) atoms. The minimum Gasteiger partial charge on any atom is -0.394 e. The zero-order valence-electron chi connectivity index (χ0n) is 19.7. The van der Waals surface area contributed by atoms with Crippen LogP contribution in [0.4, 0.5) is 0 Å². The highest BCUT2D eigenvalue weighted by atomic mass is 16.7. The summed E-state index contributed by atoms with van der Waals surface area (Å²) in [7, 11) is 0. The van der Waals surface area contributed by atoms with Crippen molar-refractivity contribution in [1.29, 1.82) is 0 Å². The molecule has 190 valence electrons. The molecule has 0 saturated carbocycles. The van der Waals surface area contributed by atoms with Gasteiger partial charge in [0.1, 0.15) is 24.4 Å². The van der Waals surface area contributed by atoms with Crippen LogP contribution in [0, 0.1) is 0 Å². The first kappa shape index (κ1) is 29.5. The molecule has 0 radical (unpaired) electrons. The number of allylic oxidation sites excluding steroid dienone is 1. The maximum Gasteiger partial charge on any atom is 0.186 e. The predicted molar refractivity (Wildman–Crippen MR) is 124 cm³/mol. The second-order valence-electron chi connectivity index (χ2n) is 8.94. The SMILES string of the molecule is CCCCCCCCCCCCC/C=C/[C@@H](O)[C@@H](N)CO[C@@H]1O[C@@H](CO)[C@@H](O)[C@@H](O)[C@H]1O. The molecule has 0 unspecified atom stereocenters. The smallest absolute Gasteiger partial charge is 0.186 e. The van der Waals surface area contributed by atoms with Crippen LogP contribution in [-0.2, 0) is 9.47 Å². The molecule has 1 aliphatic rings. The van der Waals surface area contributed by atoms with Crippen LogP contribution in [0.3, 0.4) is 0 Å². The maximum atomic E-state index is 10.2. The maximum absolute atomic E-state index is 10.2. The van der Waals surface area contributed by atoms with Crippen molar-refractivity contribution in [2.45, 2.75) is 127 Å². The van der Waals surface area contributed by atoms with Crippen molar-refractivity contribution in [3.05, 3.63) is 12.2 Å². The Morgan fingerprint density at radius 3 is 2.00 bits per heavy atom. The Morgan fingerprint density at radius 2 is 1.44 bits per heavy atom. The molecular weight excluding hydrogens is 414 g/mol. The third-order valence-corrected chi connectivity index (χ3v) is 6.05. The van der Waals surface area contributed by atoms with Gasteiger partial charge in [-0.05, 0) is 12.8 Å². The van der Waals surface area contributed by atoms with Crippen molar-refractivity contribution in [1.82, 2.24) is 0 Å². The largest absolute Gasteiger partial charge is 0.394 e. The molecule has 8 heteroatoms. The topological polar surface area (TPSA) is 146 Å². The Morgan fingerprint density at radius 1 is 0.875 bits per heavy atom. The number of hydrogen-bond acceptors (Lipinski definition) is 8. The van der Waals surface area contributed by atoms with Gasteiger partial charge in [-0.3, -0.25) is 0 Å². The molecule has 1 rings (SSSR count). The van der Waals surface area contributed by atoms with E-state index in [2.05, 4.69) is 6.92 Å². The van der Waals surface area contributed by atoms with Crippen LogP contribution >= 0.6 is 0 Å². The van der Waals surface area contributed by atoms with E-state index in [0.29, 0.717) is 0 Å². The summed E-state index contributed by atoms with van der Waals surface area (Å²) in [6.45, 7) is 1.60. The van der Waals surface area contributed by atoms with Crippen molar-refractivity contribution in [2.24, 2.45) is 5.73 Å². The molecule has 7 N–H and O–H groups in total. The van der Waals surface area contributed by atoms with Gasteiger partial charge in [-0.25, -0.2) is 0 Å². The first-order valence-electron chi connectivity index (χ1n) is 12.4. The van der Waals surface area contributed by atoms with Crippen molar-refractivity contribution >= 4 is 0 Å². The molecule has 8 nitrogen and oxygen atoms in total. The van der Waals surface area contributed by atoms with Crippen LogP contribution in [0.5, 0.6) is 0 Å². The van der Waals surface area contributed by atoms with Crippen LogP contribution in [0.2, 0.25) is 0 Å². The third-order valence-electron chi connectivity index (χ3n) is 6.05. The Bertz CT molecular complexity index is 477. The normalized spacial score (nSPS) is 28.3. The Hall–Kier alpha value is -0.580. The average Bonchev–Trinajstić information content (AvgIpc) is 2.79. The zero-order valence-corrected chi connectivity index (χ0v) is 19.7. The number of hydrogen-bond donors (Lipinski definition) is 6. The number of rotatable bonds is 18. The predicted octanol–water partition coefficient (Wildman–Crippen LogP) is 1.75. The van der Waals surface area contributed by atoms with E-state index in [1.807, 2.05) is 6.08 Å². The molecule has 0 aromatic rings. The van der Waals surface area contributed by atoms with Gasteiger partial charge in [0, 0.05) is 0 Å². The van der Waals surface area contributed by atoms with Gasteiger partial charge < -0.3 is 40.7 Å². The number of ether oxygens (including phenoxy) is 2. The summed E-state index contributed by atoms with van der Waals surface area (Å²) in [5, 5.41) is 48.8. The van der Waals surface area contributed by atoms with Gasteiger partial charge in [0.25, 0.3) is 0 Å². The molecule has 0 spiro atoms. The minimum absolute atomic E-state index is 0.118. The lowest BCUT2D eigenvalue weighted by Crippen LogP contribution is -2.59. The number of aliphatic hydroxyl groups is 5. The molecule has 0 bridgehead atoms. The monoisotopic (exact) mass is 461 g/mol. The molecule has 0 aliphatic carbocycles. The minimum atomic E-state index is -1.50. The highest BCUT2D eigenvalue weighted by Crippen LogP contribution is 2.22. The summed E-state index contributed by atoms with van der Waals surface area (Å²) >= 11 is 0. The van der Waals surface area contributed by atoms with Crippen LogP contribution < -0.4 is 5.73 Å². The van der Waals surface area contributed by atoms with Crippen LogP contribution in [0.15, 0.2) is 12.2 Å². The highest BCUT2D eigenvalue weighted by Gasteiger charge is 2.44. The first-order chi connectivity index (χ1) is 15.4. The van der Waals surface area contributed by atoms with Crippen LogP contribution in [0.25, 0.3) is 0 Å². The van der Waals surface area contributed by atoms with E-state index in [9.17, 15) is 25.5 Å². The standard InChI is InChI=1S/C24H47NO7/c1-2-3-4-5-6-7-8-9-10-11-12-13-14-15-19(27)18(25)17-31-24-23(30)22(29)21(28)20(16-26)32-24/h14-15,18-24,26-30H,2-13,16-17,25H2,1H3/b15-14+/t18-,19+,20-,21+,22+,23+,24+/m0/s1. The van der Waals surface area contributed by atoms with Crippen LogP contribution in [0.1, 0.15) is 84.0 Å². The summed E-state index contributed by atoms with van der Waals surface area (Å²) in [6, 6.07) is -0.740. The molecule has 7 atom stereocenters. The fraction of sp³-hybridized carbons (Fsp3) is 0.917. The van der Waals surface area contributed by atoms with Crippen LogP contribution in [-0.4, -0.2) is 81.6 Å². The molecule has 0 aromatic carbocycles. The van der Waals surface area contributed by atoms with E-state index in [-0.39, 0.29) is 6.61 Å². The number of aliphatic hydroxyl groups excluding tert-OH is 5. The second kappa shape index (κ2) is 17.8. The lowest BCUT2D eigenvalue weighted by atomic mass is 9.99. The van der Waals surface area contributed by atoms with Crippen molar-refractivity contribution < 1.29 is 35.0 Å². The summed E-state index contributed by atoms with van der Waals surface area (Å²) in [4.78, 5) is 0. The number of unbranched alkanes of at least 4 members (excludes halogenated alkanes) is 11. The quantitative estimate of drug-likeness (QED) is 0.134. The summed E-state index contributed by atoms with van der Waals surface area (Å²) in [6.07, 6.45) is 11.1. The van der Waals surface area contributed by atoms with E-state index in [4.69, 9.17) is 15.2 Å². The van der Waals surface area contributed by atoms with Crippen molar-refractivity contribution in [2.75, 3.05) is 13.2 Å². The van der Waals surface area contributed by atoms with E-state index in [0.717, 1.165) is 12.8 Å². The van der Waals surface area contributed by atoms with Gasteiger partial charge in [0.2, 0.25) is 0 Å². The molecule has 0 aromatic heterocycles. The second-order valence-corrected chi connectivity index (χ2v) is 8.94.